The average Bonchev–Trinajstić information content (AvgIpc) is 2.37. The van der Waals surface area contributed by atoms with Crippen molar-refractivity contribution < 1.29 is 9.59 Å². The topological polar surface area (TPSA) is 72.2 Å². The highest BCUT2D eigenvalue weighted by Gasteiger charge is 2.13. The number of carbonyl (C=O) groups is 2. The summed E-state index contributed by atoms with van der Waals surface area (Å²) in [4.78, 5) is 23.1. The van der Waals surface area contributed by atoms with Gasteiger partial charge in [0.25, 0.3) is 5.91 Å². The van der Waals surface area contributed by atoms with E-state index in [4.69, 9.17) is 5.73 Å². The quantitative estimate of drug-likeness (QED) is 0.837. The molecule has 0 saturated heterocycles. The summed E-state index contributed by atoms with van der Waals surface area (Å²) in [5, 5.41) is 4.26. The van der Waals surface area contributed by atoms with Gasteiger partial charge in [-0.2, -0.15) is 0 Å². The van der Waals surface area contributed by atoms with Gasteiger partial charge in [0.2, 0.25) is 5.91 Å². The smallest absolute Gasteiger partial charge is 0.257 e. The molecule has 0 spiro atoms. The van der Waals surface area contributed by atoms with Gasteiger partial charge in [-0.25, -0.2) is 0 Å². The number of fused-ring (bicyclic) bond motifs is 1. The number of nitrogens with two attached hydrogens (primary N) is 1. The van der Waals surface area contributed by atoms with E-state index in [0.29, 0.717) is 5.56 Å². The van der Waals surface area contributed by atoms with Crippen molar-refractivity contribution in [2.24, 2.45) is 5.73 Å². The maximum absolute atomic E-state index is 11.8. The van der Waals surface area contributed by atoms with E-state index >= 15 is 0 Å². The Kier molecular flexibility index (Phi) is 3.39. The predicted octanol–water partition coefficient (Wildman–Crippen LogP) is 1.44. The minimum atomic E-state index is -0.700. The molecule has 0 heterocycles. The Bertz CT molecular complexity index is 606. The fourth-order valence-electron chi connectivity index (χ4n) is 1.63. The van der Waals surface area contributed by atoms with Crippen LogP contribution in [0.15, 0.2) is 42.5 Å². The molecule has 2 aromatic carbocycles. The highest BCUT2D eigenvalue weighted by molar-refractivity contribution is 6.07. The zero-order chi connectivity index (χ0) is 13.1. The monoisotopic (exact) mass is 242 g/mol. The second-order valence-corrected chi connectivity index (χ2v) is 4.17. The standard InChI is InChI=1S/C14H14N2O2/c1-9(15)13(17)16-14(18)12-7-6-10-4-2-3-5-11(10)8-12/h2-9H,15H2,1H3,(H,16,17,18)/t9-/m0/s1. The number of rotatable bonds is 2. The van der Waals surface area contributed by atoms with Gasteiger partial charge in [0.05, 0.1) is 6.04 Å². The summed E-state index contributed by atoms with van der Waals surface area (Å²) >= 11 is 0. The lowest BCUT2D eigenvalue weighted by molar-refractivity contribution is -0.121. The second kappa shape index (κ2) is 4.98. The van der Waals surface area contributed by atoms with Gasteiger partial charge in [0.15, 0.2) is 0 Å². The second-order valence-electron chi connectivity index (χ2n) is 4.17. The number of hydrogen-bond acceptors (Lipinski definition) is 3. The summed E-state index contributed by atoms with van der Waals surface area (Å²) in [6.45, 7) is 1.53. The van der Waals surface area contributed by atoms with Gasteiger partial charge in [-0.05, 0) is 29.8 Å². The third-order valence-corrected chi connectivity index (χ3v) is 2.66. The van der Waals surface area contributed by atoms with Crippen LogP contribution in [0, 0.1) is 0 Å². The molecule has 0 unspecified atom stereocenters. The third kappa shape index (κ3) is 2.55. The molecule has 4 nitrogen and oxygen atoms in total. The van der Waals surface area contributed by atoms with Crippen LogP contribution in [-0.2, 0) is 4.79 Å². The minimum Gasteiger partial charge on any atom is -0.320 e. The number of amides is 2. The van der Waals surface area contributed by atoms with Crippen LogP contribution >= 0.6 is 0 Å². The van der Waals surface area contributed by atoms with Crippen molar-refractivity contribution in [3.8, 4) is 0 Å². The first-order valence-corrected chi connectivity index (χ1v) is 5.67. The molecule has 92 valence electrons. The van der Waals surface area contributed by atoms with E-state index < -0.39 is 17.9 Å². The SMILES string of the molecule is C[C@H](N)C(=O)NC(=O)c1ccc2ccccc2c1. The summed E-state index contributed by atoms with van der Waals surface area (Å²) in [7, 11) is 0. The van der Waals surface area contributed by atoms with Gasteiger partial charge in [-0.15, -0.1) is 0 Å². The molecule has 0 aliphatic rings. The van der Waals surface area contributed by atoms with Crippen LogP contribution in [0.3, 0.4) is 0 Å². The number of nitrogens with one attached hydrogen (secondary N) is 1. The Labute approximate surface area is 105 Å². The summed E-state index contributed by atoms with van der Waals surface area (Å²) < 4.78 is 0. The van der Waals surface area contributed by atoms with E-state index in [1.54, 1.807) is 12.1 Å². The van der Waals surface area contributed by atoms with E-state index in [2.05, 4.69) is 5.32 Å². The van der Waals surface area contributed by atoms with Gasteiger partial charge in [0, 0.05) is 5.56 Å². The molecule has 0 aliphatic carbocycles. The normalized spacial score (nSPS) is 12.1. The molecule has 3 N–H and O–H groups in total. The van der Waals surface area contributed by atoms with Crippen LogP contribution in [0.25, 0.3) is 10.8 Å². The molecular weight excluding hydrogens is 228 g/mol. The molecule has 2 amide bonds. The molecule has 18 heavy (non-hydrogen) atoms. The fraction of sp³-hybridized carbons (Fsp3) is 0.143. The van der Waals surface area contributed by atoms with Gasteiger partial charge in [-0.1, -0.05) is 30.3 Å². The van der Waals surface area contributed by atoms with Crippen molar-refractivity contribution in [2.75, 3.05) is 0 Å². The molecule has 4 heteroatoms. The fourth-order valence-corrected chi connectivity index (χ4v) is 1.63. The molecule has 1 atom stereocenters. The van der Waals surface area contributed by atoms with E-state index in [-0.39, 0.29) is 0 Å². The highest BCUT2D eigenvalue weighted by Crippen LogP contribution is 2.15. The largest absolute Gasteiger partial charge is 0.320 e. The van der Waals surface area contributed by atoms with Crippen molar-refractivity contribution in [3.05, 3.63) is 48.0 Å². The van der Waals surface area contributed by atoms with Crippen molar-refractivity contribution >= 4 is 22.6 Å². The lowest BCUT2D eigenvalue weighted by Gasteiger charge is -2.07. The maximum atomic E-state index is 11.8. The minimum absolute atomic E-state index is 0.428. The van der Waals surface area contributed by atoms with E-state index in [1.165, 1.54) is 6.92 Å². The summed E-state index contributed by atoms with van der Waals surface area (Å²) in [5.41, 5.74) is 5.84. The predicted molar refractivity (Wildman–Crippen MR) is 70.1 cm³/mol. The molecule has 0 radical (unpaired) electrons. The van der Waals surface area contributed by atoms with Crippen molar-refractivity contribution in [1.82, 2.24) is 5.32 Å². The Morgan fingerprint density at radius 2 is 1.78 bits per heavy atom. The average molecular weight is 242 g/mol. The maximum Gasteiger partial charge on any atom is 0.257 e. The molecule has 0 bridgehead atoms. The van der Waals surface area contributed by atoms with Crippen LogP contribution < -0.4 is 11.1 Å². The Morgan fingerprint density at radius 3 is 2.44 bits per heavy atom. The zero-order valence-electron chi connectivity index (χ0n) is 10.0. The van der Waals surface area contributed by atoms with Gasteiger partial charge < -0.3 is 5.73 Å². The van der Waals surface area contributed by atoms with Crippen LogP contribution in [0.4, 0.5) is 0 Å². The Hall–Kier alpha value is -2.20. The van der Waals surface area contributed by atoms with Crippen molar-refractivity contribution in [3.63, 3.8) is 0 Å². The molecule has 0 saturated carbocycles. The van der Waals surface area contributed by atoms with Gasteiger partial charge >= 0.3 is 0 Å². The number of carbonyl (C=O) groups excluding carboxylic acids is 2. The first-order chi connectivity index (χ1) is 8.58. The Balaban J connectivity index is 2.26. The van der Waals surface area contributed by atoms with Gasteiger partial charge in [0.1, 0.15) is 0 Å². The number of imide groups is 1. The van der Waals surface area contributed by atoms with Crippen molar-refractivity contribution in [1.29, 1.82) is 0 Å². The van der Waals surface area contributed by atoms with Crippen LogP contribution in [0.5, 0.6) is 0 Å². The molecule has 0 aliphatic heterocycles. The summed E-state index contributed by atoms with van der Waals surface area (Å²) in [5.74, 6) is -0.906. The molecule has 0 aromatic heterocycles. The van der Waals surface area contributed by atoms with Crippen LogP contribution in [0.1, 0.15) is 17.3 Å². The van der Waals surface area contributed by atoms with E-state index in [1.807, 2.05) is 30.3 Å². The molecule has 2 rings (SSSR count). The first kappa shape index (κ1) is 12.3. The molecule has 0 fully saturated rings. The number of benzene rings is 2. The lowest BCUT2D eigenvalue weighted by atomic mass is 10.1. The third-order valence-electron chi connectivity index (χ3n) is 2.66. The summed E-state index contributed by atoms with van der Waals surface area (Å²) in [6.07, 6.45) is 0. The first-order valence-electron chi connectivity index (χ1n) is 5.67. The van der Waals surface area contributed by atoms with E-state index in [9.17, 15) is 9.59 Å². The summed E-state index contributed by atoms with van der Waals surface area (Å²) in [6, 6.07) is 12.3. The van der Waals surface area contributed by atoms with E-state index in [0.717, 1.165) is 10.8 Å². The number of hydrogen-bond donors (Lipinski definition) is 2. The zero-order valence-corrected chi connectivity index (χ0v) is 10.0. The molecular formula is C14H14N2O2. The lowest BCUT2D eigenvalue weighted by Crippen LogP contribution is -2.41. The van der Waals surface area contributed by atoms with Crippen molar-refractivity contribution in [2.45, 2.75) is 13.0 Å². The van der Waals surface area contributed by atoms with Gasteiger partial charge in [-0.3, -0.25) is 14.9 Å². The highest BCUT2D eigenvalue weighted by atomic mass is 16.2. The Morgan fingerprint density at radius 1 is 1.11 bits per heavy atom. The molecule has 2 aromatic rings. The van der Waals surface area contributed by atoms with Crippen LogP contribution in [-0.4, -0.2) is 17.9 Å². The van der Waals surface area contributed by atoms with Crippen LogP contribution in [0.2, 0.25) is 0 Å².